The monoisotopic (exact) mass is 355 g/mol. The maximum absolute atomic E-state index is 12.6. The van der Waals surface area contributed by atoms with Crippen molar-refractivity contribution in [2.75, 3.05) is 26.2 Å². The lowest BCUT2D eigenvalue weighted by Gasteiger charge is -2.38. The van der Waals surface area contributed by atoms with Crippen LogP contribution in [0.5, 0.6) is 0 Å². The molecule has 2 aliphatic rings. The zero-order chi connectivity index (χ0) is 17.3. The minimum Gasteiger partial charge on any atom is -0.342 e. The fraction of sp³-hybridized carbons (Fsp3) is 0.500. The van der Waals surface area contributed by atoms with Gasteiger partial charge in [0.1, 0.15) is 5.01 Å². The van der Waals surface area contributed by atoms with Gasteiger partial charge in [0.15, 0.2) is 0 Å². The maximum atomic E-state index is 12.6. The average molecular weight is 356 g/mol. The van der Waals surface area contributed by atoms with Gasteiger partial charge in [-0.3, -0.25) is 4.79 Å². The number of aromatic nitrogens is 1. The Labute approximate surface area is 153 Å². The quantitative estimate of drug-likeness (QED) is 0.919. The Kier molecular flexibility index (Phi) is 4.61. The summed E-state index contributed by atoms with van der Waals surface area (Å²) >= 11 is 1.63. The Hall–Kier alpha value is -1.72. The highest BCUT2D eigenvalue weighted by Crippen LogP contribution is 2.37. The van der Waals surface area contributed by atoms with Gasteiger partial charge in [-0.1, -0.05) is 23.8 Å². The van der Waals surface area contributed by atoms with E-state index in [1.54, 1.807) is 11.3 Å². The van der Waals surface area contributed by atoms with Crippen LogP contribution in [0.15, 0.2) is 29.6 Å². The molecule has 1 N–H and O–H groups in total. The highest BCUT2D eigenvalue weighted by atomic mass is 32.1. The first-order valence-corrected chi connectivity index (χ1v) is 10.0. The highest BCUT2D eigenvalue weighted by molar-refractivity contribution is 7.13. The maximum Gasteiger partial charge on any atom is 0.228 e. The first kappa shape index (κ1) is 16.7. The number of carbonyl (C=O) groups excluding carboxylic acids is 1. The summed E-state index contributed by atoms with van der Waals surface area (Å²) in [6, 6.07) is 8.37. The summed E-state index contributed by atoms with van der Waals surface area (Å²) in [5.74, 6) is 0.224. The van der Waals surface area contributed by atoms with Crippen LogP contribution in [-0.4, -0.2) is 42.0 Å². The lowest BCUT2D eigenvalue weighted by molar-refractivity contribution is -0.132. The molecule has 1 aromatic heterocycles. The number of hydrogen-bond acceptors (Lipinski definition) is 4. The van der Waals surface area contributed by atoms with E-state index >= 15 is 0 Å². The second-order valence-electron chi connectivity index (χ2n) is 7.50. The number of likely N-dealkylation sites (tertiary alicyclic amines) is 1. The second kappa shape index (κ2) is 6.89. The summed E-state index contributed by atoms with van der Waals surface area (Å²) in [6.45, 7) is 6.14. The number of aryl methyl sites for hydroxylation is 1. The molecule has 0 unspecified atom stereocenters. The van der Waals surface area contributed by atoms with Crippen LogP contribution in [0.4, 0.5) is 0 Å². The van der Waals surface area contributed by atoms with E-state index in [0.29, 0.717) is 11.8 Å². The molecule has 1 spiro atoms. The standard InChI is InChI=1S/C20H25N3OS/c1-15-3-2-4-16(11-15)19-22-17(13-25-19)12-18(24)23-9-6-20(7-10-23)5-8-21-14-20/h2-4,11,13,21H,5-10,12,14H2,1H3. The molecule has 0 atom stereocenters. The summed E-state index contributed by atoms with van der Waals surface area (Å²) in [4.78, 5) is 19.4. The lowest BCUT2D eigenvalue weighted by Crippen LogP contribution is -2.44. The molecule has 2 fully saturated rings. The predicted molar refractivity (Wildman–Crippen MR) is 102 cm³/mol. The van der Waals surface area contributed by atoms with Gasteiger partial charge in [-0.05, 0) is 44.2 Å². The van der Waals surface area contributed by atoms with Gasteiger partial charge < -0.3 is 10.2 Å². The third-order valence-corrected chi connectivity index (χ3v) is 6.60. The topological polar surface area (TPSA) is 45.2 Å². The highest BCUT2D eigenvalue weighted by Gasteiger charge is 2.37. The number of carbonyl (C=O) groups is 1. The number of amides is 1. The zero-order valence-electron chi connectivity index (χ0n) is 14.8. The predicted octanol–water partition coefficient (Wildman–Crippen LogP) is 3.26. The fourth-order valence-electron chi connectivity index (χ4n) is 4.02. The van der Waals surface area contributed by atoms with E-state index in [4.69, 9.17) is 0 Å². The minimum absolute atomic E-state index is 0.224. The van der Waals surface area contributed by atoms with E-state index in [1.165, 1.54) is 12.0 Å². The molecule has 4 nitrogen and oxygen atoms in total. The largest absolute Gasteiger partial charge is 0.342 e. The van der Waals surface area contributed by atoms with Crippen LogP contribution < -0.4 is 5.32 Å². The third-order valence-electron chi connectivity index (χ3n) is 5.66. The molecule has 0 aliphatic carbocycles. The zero-order valence-corrected chi connectivity index (χ0v) is 15.6. The Morgan fingerprint density at radius 1 is 1.32 bits per heavy atom. The Morgan fingerprint density at radius 2 is 2.16 bits per heavy atom. The van der Waals surface area contributed by atoms with Crippen LogP contribution in [0.1, 0.15) is 30.5 Å². The van der Waals surface area contributed by atoms with Crippen molar-refractivity contribution in [1.29, 1.82) is 0 Å². The van der Waals surface area contributed by atoms with E-state index in [-0.39, 0.29) is 5.91 Å². The van der Waals surface area contributed by atoms with Gasteiger partial charge >= 0.3 is 0 Å². The smallest absolute Gasteiger partial charge is 0.228 e. The number of benzene rings is 1. The molecule has 0 saturated carbocycles. The van der Waals surface area contributed by atoms with E-state index in [2.05, 4.69) is 41.5 Å². The minimum atomic E-state index is 0.224. The summed E-state index contributed by atoms with van der Waals surface area (Å²) in [5.41, 5.74) is 3.72. The van der Waals surface area contributed by atoms with Crippen molar-refractivity contribution in [3.63, 3.8) is 0 Å². The third kappa shape index (κ3) is 3.62. The van der Waals surface area contributed by atoms with E-state index < -0.39 is 0 Å². The molecule has 0 bridgehead atoms. The van der Waals surface area contributed by atoms with Crippen LogP contribution in [0.2, 0.25) is 0 Å². The van der Waals surface area contributed by atoms with Crippen LogP contribution in [0.3, 0.4) is 0 Å². The summed E-state index contributed by atoms with van der Waals surface area (Å²) in [6.07, 6.45) is 3.96. The van der Waals surface area contributed by atoms with Crippen LogP contribution in [0.25, 0.3) is 10.6 Å². The molecule has 132 valence electrons. The molecule has 3 heterocycles. The summed E-state index contributed by atoms with van der Waals surface area (Å²) in [5, 5.41) is 6.51. The molecular formula is C20H25N3OS. The molecule has 2 saturated heterocycles. The molecule has 5 heteroatoms. The Morgan fingerprint density at radius 3 is 2.88 bits per heavy atom. The van der Waals surface area contributed by atoms with Crippen molar-refractivity contribution in [3.05, 3.63) is 40.9 Å². The molecular weight excluding hydrogens is 330 g/mol. The number of nitrogens with one attached hydrogen (secondary N) is 1. The number of thiazole rings is 1. The Bertz CT molecular complexity index is 754. The summed E-state index contributed by atoms with van der Waals surface area (Å²) < 4.78 is 0. The van der Waals surface area contributed by atoms with Crippen molar-refractivity contribution in [1.82, 2.24) is 15.2 Å². The van der Waals surface area contributed by atoms with E-state index in [1.807, 2.05) is 10.3 Å². The Balaban J connectivity index is 1.37. The first-order chi connectivity index (χ1) is 12.1. The molecule has 1 amide bonds. The van der Waals surface area contributed by atoms with Gasteiger partial charge in [0.05, 0.1) is 12.1 Å². The van der Waals surface area contributed by atoms with Crippen LogP contribution >= 0.6 is 11.3 Å². The molecule has 4 rings (SSSR count). The van der Waals surface area contributed by atoms with Crippen molar-refractivity contribution in [3.8, 4) is 10.6 Å². The van der Waals surface area contributed by atoms with E-state index in [0.717, 1.165) is 55.3 Å². The van der Waals surface area contributed by atoms with Gasteiger partial charge in [0.2, 0.25) is 5.91 Å². The number of hydrogen-bond donors (Lipinski definition) is 1. The van der Waals surface area contributed by atoms with Gasteiger partial charge in [-0.25, -0.2) is 4.98 Å². The number of nitrogens with zero attached hydrogens (tertiary/aromatic N) is 2. The van der Waals surface area contributed by atoms with Crippen molar-refractivity contribution >= 4 is 17.2 Å². The van der Waals surface area contributed by atoms with Gasteiger partial charge in [-0.15, -0.1) is 11.3 Å². The van der Waals surface area contributed by atoms with E-state index in [9.17, 15) is 4.79 Å². The fourth-order valence-corrected chi connectivity index (χ4v) is 4.84. The van der Waals surface area contributed by atoms with Crippen LogP contribution in [-0.2, 0) is 11.2 Å². The normalized spacial score (nSPS) is 19.5. The first-order valence-electron chi connectivity index (χ1n) is 9.14. The van der Waals surface area contributed by atoms with Crippen molar-refractivity contribution in [2.24, 2.45) is 5.41 Å². The van der Waals surface area contributed by atoms with Gasteiger partial charge in [-0.2, -0.15) is 0 Å². The number of rotatable bonds is 3. The molecule has 2 aromatic rings. The number of piperidine rings is 1. The second-order valence-corrected chi connectivity index (χ2v) is 8.36. The van der Waals surface area contributed by atoms with Crippen molar-refractivity contribution in [2.45, 2.75) is 32.6 Å². The van der Waals surface area contributed by atoms with Crippen LogP contribution in [0, 0.1) is 12.3 Å². The molecule has 0 radical (unpaired) electrons. The SMILES string of the molecule is Cc1cccc(-c2nc(CC(=O)N3CCC4(CCNC4)CC3)cs2)c1. The van der Waals surface area contributed by atoms with Gasteiger partial charge in [0.25, 0.3) is 0 Å². The lowest BCUT2D eigenvalue weighted by atomic mass is 9.78. The van der Waals surface area contributed by atoms with Crippen molar-refractivity contribution < 1.29 is 4.79 Å². The molecule has 2 aliphatic heterocycles. The molecule has 1 aromatic carbocycles. The molecule has 25 heavy (non-hydrogen) atoms. The summed E-state index contributed by atoms with van der Waals surface area (Å²) in [7, 11) is 0. The van der Waals surface area contributed by atoms with Gasteiger partial charge in [0, 0.05) is 30.6 Å². The average Bonchev–Trinajstić information content (AvgIpc) is 3.26.